The number of nitrogens with one attached hydrogen (secondary N) is 1. The molecule has 1 N–H and O–H groups in total. The van der Waals surface area contributed by atoms with Gasteiger partial charge in [0.15, 0.2) is 0 Å². The lowest BCUT2D eigenvalue weighted by Gasteiger charge is -2.30. The van der Waals surface area contributed by atoms with Gasteiger partial charge in [0.2, 0.25) is 0 Å². The number of ether oxygens (including phenoxy) is 1. The quantitative estimate of drug-likeness (QED) is 0.878. The molecule has 0 unspecified atom stereocenters. The van der Waals surface area contributed by atoms with Gasteiger partial charge in [0, 0.05) is 26.2 Å². The predicted molar refractivity (Wildman–Crippen MR) is 74.9 cm³/mol. The zero-order chi connectivity index (χ0) is 13.0. The van der Waals surface area contributed by atoms with E-state index in [1.54, 1.807) is 0 Å². The smallest absolute Gasteiger partial charge is 0.0826 e. The molecule has 3 heteroatoms. The second-order valence-corrected chi connectivity index (χ2v) is 5.30. The molecule has 0 radical (unpaired) electrons. The van der Waals surface area contributed by atoms with Crippen molar-refractivity contribution in [2.24, 2.45) is 0 Å². The minimum absolute atomic E-state index is 0.329. The van der Waals surface area contributed by atoms with E-state index in [0.717, 1.165) is 32.8 Å². The Hall–Kier alpha value is -0.900. The lowest BCUT2D eigenvalue weighted by molar-refractivity contribution is -0.0182. The van der Waals surface area contributed by atoms with Gasteiger partial charge in [-0.05, 0) is 37.6 Å². The van der Waals surface area contributed by atoms with Crippen LogP contribution in [0.3, 0.4) is 0 Å². The summed E-state index contributed by atoms with van der Waals surface area (Å²) in [5.74, 6) is 0. The van der Waals surface area contributed by atoms with Gasteiger partial charge < -0.3 is 15.0 Å². The van der Waals surface area contributed by atoms with Crippen LogP contribution in [0.25, 0.3) is 0 Å². The Balaban J connectivity index is 1.76. The topological polar surface area (TPSA) is 24.5 Å². The van der Waals surface area contributed by atoms with Crippen LogP contribution < -0.4 is 5.32 Å². The van der Waals surface area contributed by atoms with Crippen molar-refractivity contribution in [1.29, 1.82) is 0 Å². The highest BCUT2D eigenvalue weighted by Crippen LogP contribution is 2.09. The summed E-state index contributed by atoms with van der Waals surface area (Å²) in [7, 11) is 2.15. The van der Waals surface area contributed by atoms with E-state index in [9.17, 15) is 0 Å². The van der Waals surface area contributed by atoms with Gasteiger partial charge in [-0.25, -0.2) is 0 Å². The van der Waals surface area contributed by atoms with Crippen LogP contribution in [0.5, 0.6) is 0 Å². The number of hydrogen-bond donors (Lipinski definition) is 1. The summed E-state index contributed by atoms with van der Waals surface area (Å²) in [6.45, 7) is 9.10. The van der Waals surface area contributed by atoms with Crippen molar-refractivity contribution in [3.05, 3.63) is 34.9 Å². The molecule has 1 saturated heterocycles. The SMILES string of the molecule is Cc1ccc(CNC[C@@H]2CN(C)CCO2)cc1C. The van der Waals surface area contributed by atoms with Crippen LogP contribution in [0.2, 0.25) is 0 Å². The van der Waals surface area contributed by atoms with E-state index in [0.29, 0.717) is 6.10 Å². The molecule has 3 nitrogen and oxygen atoms in total. The van der Waals surface area contributed by atoms with Crippen molar-refractivity contribution >= 4 is 0 Å². The fourth-order valence-electron chi connectivity index (χ4n) is 2.28. The van der Waals surface area contributed by atoms with Crippen LogP contribution in [-0.4, -0.2) is 44.3 Å². The van der Waals surface area contributed by atoms with E-state index in [2.05, 4.69) is 49.3 Å². The third kappa shape index (κ3) is 3.80. The molecule has 1 aliphatic rings. The first-order chi connectivity index (χ1) is 8.65. The molecule has 0 spiro atoms. The molecule has 2 rings (SSSR count). The molecule has 0 aliphatic carbocycles. The zero-order valence-electron chi connectivity index (χ0n) is 11.7. The molecule has 1 aromatic carbocycles. The fraction of sp³-hybridized carbons (Fsp3) is 0.600. The third-order valence-electron chi connectivity index (χ3n) is 3.61. The van der Waals surface area contributed by atoms with Crippen molar-refractivity contribution < 1.29 is 4.74 Å². The van der Waals surface area contributed by atoms with Gasteiger partial charge >= 0.3 is 0 Å². The summed E-state index contributed by atoms with van der Waals surface area (Å²) in [5.41, 5.74) is 4.07. The largest absolute Gasteiger partial charge is 0.374 e. The normalized spacial score (nSPS) is 21.2. The highest BCUT2D eigenvalue weighted by atomic mass is 16.5. The minimum Gasteiger partial charge on any atom is -0.374 e. The van der Waals surface area contributed by atoms with Gasteiger partial charge in [0.25, 0.3) is 0 Å². The molecule has 1 aliphatic heterocycles. The first kappa shape index (κ1) is 13.5. The Morgan fingerprint density at radius 3 is 2.89 bits per heavy atom. The summed E-state index contributed by atoms with van der Waals surface area (Å²) in [6, 6.07) is 6.65. The molecule has 1 aromatic rings. The Bertz CT molecular complexity index is 392. The molecule has 1 heterocycles. The highest BCUT2D eigenvalue weighted by molar-refractivity contribution is 5.29. The van der Waals surface area contributed by atoms with Gasteiger partial charge in [-0.15, -0.1) is 0 Å². The number of aryl methyl sites for hydroxylation is 2. The molecule has 0 amide bonds. The van der Waals surface area contributed by atoms with Gasteiger partial charge in [0.1, 0.15) is 0 Å². The number of nitrogens with zero attached hydrogens (tertiary/aromatic N) is 1. The maximum Gasteiger partial charge on any atom is 0.0826 e. The second kappa shape index (κ2) is 6.32. The van der Waals surface area contributed by atoms with Gasteiger partial charge in [-0.3, -0.25) is 0 Å². The molecular formula is C15H24N2O. The number of rotatable bonds is 4. The van der Waals surface area contributed by atoms with E-state index >= 15 is 0 Å². The van der Waals surface area contributed by atoms with E-state index in [-0.39, 0.29) is 0 Å². The molecule has 100 valence electrons. The summed E-state index contributed by atoms with van der Waals surface area (Å²) in [5, 5.41) is 3.49. The van der Waals surface area contributed by atoms with E-state index in [4.69, 9.17) is 4.74 Å². The van der Waals surface area contributed by atoms with E-state index in [1.165, 1.54) is 16.7 Å². The standard InChI is InChI=1S/C15H24N2O/c1-12-4-5-14(8-13(12)2)9-16-10-15-11-17(3)6-7-18-15/h4-5,8,15-16H,6-7,9-11H2,1-3H3/t15-/m1/s1. The number of morpholine rings is 1. The number of benzene rings is 1. The first-order valence-electron chi connectivity index (χ1n) is 6.72. The lowest BCUT2D eigenvalue weighted by atomic mass is 10.1. The molecule has 1 atom stereocenters. The van der Waals surface area contributed by atoms with Crippen molar-refractivity contribution in [1.82, 2.24) is 10.2 Å². The van der Waals surface area contributed by atoms with Crippen LogP contribution >= 0.6 is 0 Å². The number of hydrogen-bond acceptors (Lipinski definition) is 3. The molecule has 0 saturated carbocycles. The second-order valence-electron chi connectivity index (χ2n) is 5.30. The Morgan fingerprint density at radius 1 is 1.33 bits per heavy atom. The average Bonchev–Trinajstić information content (AvgIpc) is 2.34. The predicted octanol–water partition coefficient (Wildman–Crippen LogP) is 1.72. The van der Waals surface area contributed by atoms with Gasteiger partial charge in [-0.2, -0.15) is 0 Å². The van der Waals surface area contributed by atoms with Crippen molar-refractivity contribution in [2.75, 3.05) is 33.3 Å². The van der Waals surface area contributed by atoms with Crippen LogP contribution in [0, 0.1) is 13.8 Å². The van der Waals surface area contributed by atoms with Crippen LogP contribution in [0.15, 0.2) is 18.2 Å². The summed E-state index contributed by atoms with van der Waals surface area (Å²) < 4.78 is 5.72. The van der Waals surface area contributed by atoms with Gasteiger partial charge in [-0.1, -0.05) is 18.2 Å². The summed E-state index contributed by atoms with van der Waals surface area (Å²) >= 11 is 0. The van der Waals surface area contributed by atoms with Crippen LogP contribution in [0.1, 0.15) is 16.7 Å². The van der Waals surface area contributed by atoms with Crippen LogP contribution in [0.4, 0.5) is 0 Å². The lowest BCUT2D eigenvalue weighted by Crippen LogP contribution is -2.44. The maximum absolute atomic E-state index is 5.72. The fourth-order valence-corrected chi connectivity index (χ4v) is 2.28. The Kier molecular flexibility index (Phi) is 4.75. The van der Waals surface area contributed by atoms with Crippen molar-refractivity contribution in [3.63, 3.8) is 0 Å². The molecular weight excluding hydrogens is 224 g/mol. The first-order valence-corrected chi connectivity index (χ1v) is 6.72. The van der Waals surface area contributed by atoms with Crippen molar-refractivity contribution in [3.8, 4) is 0 Å². The van der Waals surface area contributed by atoms with Gasteiger partial charge in [0.05, 0.1) is 12.7 Å². The van der Waals surface area contributed by atoms with Crippen molar-refractivity contribution in [2.45, 2.75) is 26.5 Å². The minimum atomic E-state index is 0.329. The monoisotopic (exact) mass is 248 g/mol. The summed E-state index contributed by atoms with van der Waals surface area (Å²) in [4.78, 5) is 2.33. The Morgan fingerprint density at radius 2 is 2.17 bits per heavy atom. The molecule has 1 fully saturated rings. The van der Waals surface area contributed by atoms with Crippen LogP contribution in [-0.2, 0) is 11.3 Å². The average molecular weight is 248 g/mol. The molecule has 0 bridgehead atoms. The maximum atomic E-state index is 5.72. The number of likely N-dealkylation sites (N-methyl/N-ethyl adjacent to an activating group) is 1. The molecule has 18 heavy (non-hydrogen) atoms. The Labute approximate surface area is 110 Å². The summed E-state index contributed by atoms with van der Waals surface area (Å²) in [6.07, 6.45) is 0.329. The zero-order valence-corrected chi connectivity index (χ0v) is 11.7. The third-order valence-corrected chi connectivity index (χ3v) is 3.61. The highest BCUT2D eigenvalue weighted by Gasteiger charge is 2.16. The van der Waals surface area contributed by atoms with E-state index < -0.39 is 0 Å². The molecule has 0 aromatic heterocycles. The van der Waals surface area contributed by atoms with E-state index in [1.807, 2.05) is 0 Å².